The lowest BCUT2D eigenvalue weighted by molar-refractivity contribution is -0.144. The van der Waals surface area contributed by atoms with E-state index in [0.717, 1.165) is 5.56 Å². The van der Waals surface area contributed by atoms with Crippen LogP contribution in [0.3, 0.4) is 0 Å². The van der Waals surface area contributed by atoms with E-state index in [9.17, 15) is 9.59 Å². The van der Waals surface area contributed by atoms with Gasteiger partial charge in [0, 0.05) is 31.6 Å². The van der Waals surface area contributed by atoms with Gasteiger partial charge in [-0.1, -0.05) is 43.6 Å². The van der Waals surface area contributed by atoms with Crippen LogP contribution >= 0.6 is 11.6 Å². The molecule has 2 atom stereocenters. The van der Waals surface area contributed by atoms with Crippen LogP contribution in [0.2, 0.25) is 5.02 Å². The molecule has 25 heavy (non-hydrogen) atoms. The highest BCUT2D eigenvalue weighted by Gasteiger charge is 2.41. The van der Waals surface area contributed by atoms with Crippen LogP contribution in [0, 0.1) is 11.8 Å². The summed E-state index contributed by atoms with van der Waals surface area (Å²) in [7, 11) is 1.60. The Bertz CT molecular complexity index is 606. The normalized spacial score (nSPS) is 20.8. The Morgan fingerprint density at radius 1 is 1.40 bits per heavy atom. The van der Waals surface area contributed by atoms with Crippen LogP contribution in [-0.2, 0) is 14.3 Å². The molecule has 1 aromatic carbocycles. The van der Waals surface area contributed by atoms with E-state index >= 15 is 0 Å². The van der Waals surface area contributed by atoms with Crippen LogP contribution in [0.15, 0.2) is 24.3 Å². The molecule has 0 saturated carbocycles. The van der Waals surface area contributed by atoms with Gasteiger partial charge in [0.25, 0.3) is 0 Å². The van der Waals surface area contributed by atoms with Crippen molar-refractivity contribution in [3.8, 4) is 0 Å². The third-order valence-corrected chi connectivity index (χ3v) is 4.83. The summed E-state index contributed by atoms with van der Waals surface area (Å²) in [6.45, 7) is 5.60. The number of rotatable bonds is 7. The Balaban J connectivity index is 2.34. The summed E-state index contributed by atoms with van der Waals surface area (Å²) in [6.07, 6.45) is 0.895. The first-order valence-electron chi connectivity index (χ1n) is 8.76. The third-order valence-electron chi connectivity index (χ3n) is 4.49. The number of carbonyl (C=O) groups excluding carboxylic acids is 2. The SMILES string of the molecule is COCCN1C(=O)CC[C@@H](C(=O)NCC(C)C)[C@@H]1c1ccccc1Cl. The monoisotopic (exact) mass is 366 g/mol. The highest BCUT2D eigenvalue weighted by Crippen LogP contribution is 2.39. The quantitative estimate of drug-likeness (QED) is 0.806. The zero-order valence-corrected chi connectivity index (χ0v) is 15.9. The third kappa shape index (κ3) is 4.95. The molecule has 6 heteroatoms. The standard InChI is InChI=1S/C19H27ClN2O3/c1-13(2)12-21-19(24)15-8-9-17(23)22(10-11-25-3)18(15)14-6-4-5-7-16(14)20/h4-7,13,15,18H,8-12H2,1-3H3,(H,21,24)/t15-,18+/m1/s1. The van der Waals surface area contributed by atoms with Crippen LogP contribution in [0.4, 0.5) is 0 Å². The van der Waals surface area contributed by atoms with Crippen molar-refractivity contribution in [2.24, 2.45) is 11.8 Å². The molecule has 0 aliphatic carbocycles. The number of benzene rings is 1. The van der Waals surface area contributed by atoms with E-state index in [0.29, 0.717) is 43.5 Å². The minimum Gasteiger partial charge on any atom is -0.383 e. The molecule has 0 unspecified atom stereocenters. The predicted molar refractivity (Wildman–Crippen MR) is 98.4 cm³/mol. The Labute approximate surface area is 154 Å². The van der Waals surface area contributed by atoms with Crippen LogP contribution in [0.5, 0.6) is 0 Å². The van der Waals surface area contributed by atoms with Gasteiger partial charge in [0.2, 0.25) is 11.8 Å². The highest BCUT2D eigenvalue weighted by molar-refractivity contribution is 6.31. The van der Waals surface area contributed by atoms with Crippen LogP contribution in [0.25, 0.3) is 0 Å². The Kier molecular flexibility index (Phi) is 7.26. The molecule has 0 aromatic heterocycles. The second-order valence-electron chi connectivity index (χ2n) is 6.83. The molecule has 1 aromatic rings. The number of nitrogens with zero attached hydrogens (tertiary/aromatic N) is 1. The lowest BCUT2D eigenvalue weighted by Gasteiger charge is -2.41. The Hall–Kier alpha value is -1.59. The maximum absolute atomic E-state index is 12.8. The molecule has 1 saturated heterocycles. The van der Waals surface area contributed by atoms with E-state index < -0.39 is 0 Å². The van der Waals surface area contributed by atoms with Crippen molar-refractivity contribution in [2.75, 3.05) is 26.8 Å². The fourth-order valence-electron chi connectivity index (χ4n) is 3.22. The summed E-state index contributed by atoms with van der Waals surface area (Å²) in [4.78, 5) is 27.1. The van der Waals surface area contributed by atoms with Gasteiger partial charge in [0.15, 0.2) is 0 Å². The summed E-state index contributed by atoms with van der Waals surface area (Å²) in [5.74, 6) is 0.0779. The number of methoxy groups -OCH3 is 1. The summed E-state index contributed by atoms with van der Waals surface area (Å²) in [6, 6.07) is 7.07. The van der Waals surface area contributed by atoms with Crippen molar-refractivity contribution in [3.63, 3.8) is 0 Å². The lowest BCUT2D eigenvalue weighted by atomic mass is 9.83. The van der Waals surface area contributed by atoms with Gasteiger partial charge in [0.05, 0.1) is 18.6 Å². The van der Waals surface area contributed by atoms with Gasteiger partial charge in [-0.2, -0.15) is 0 Å². The second kappa shape index (κ2) is 9.20. The Morgan fingerprint density at radius 2 is 2.12 bits per heavy atom. The fourth-order valence-corrected chi connectivity index (χ4v) is 3.46. The number of likely N-dealkylation sites (tertiary alicyclic amines) is 1. The topological polar surface area (TPSA) is 58.6 Å². The molecule has 0 bridgehead atoms. The average Bonchev–Trinajstić information content (AvgIpc) is 2.59. The first-order valence-corrected chi connectivity index (χ1v) is 9.14. The number of halogens is 1. The van der Waals surface area contributed by atoms with E-state index in [1.807, 2.05) is 18.2 Å². The predicted octanol–water partition coefficient (Wildman–Crippen LogP) is 3.04. The lowest BCUT2D eigenvalue weighted by Crippen LogP contribution is -2.49. The number of ether oxygens (including phenoxy) is 1. The van der Waals surface area contributed by atoms with E-state index in [4.69, 9.17) is 16.3 Å². The summed E-state index contributed by atoms with van der Waals surface area (Å²) in [5, 5.41) is 3.59. The molecule has 1 aliphatic rings. The van der Waals surface area contributed by atoms with Crippen molar-refractivity contribution in [2.45, 2.75) is 32.7 Å². The van der Waals surface area contributed by atoms with Gasteiger partial charge in [-0.25, -0.2) is 0 Å². The van der Waals surface area contributed by atoms with Crippen molar-refractivity contribution < 1.29 is 14.3 Å². The van der Waals surface area contributed by atoms with Crippen molar-refractivity contribution >= 4 is 23.4 Å². The van der Waals surface area contributed by atoms with Gasteiger partial charge < -0.3 is 15.0 Å². The average molecular weight is 367 g/mol. The van der Waals surface area contributed by atoms with E-state index in [1.165, 1.54) is 0 Å². The highest BCUT2D eigenvalue weighted by atomic mass is 35.5. The van der Waals surface area contributed by atoms with Crippen molar-refractivity contribution in [1.29, 1.82) is 0 Å². The fraction of sp³-hybridized carbons (Fsp3) is 0.579. The molecule has 1 fully saturated rings. The minimum atomic E-state index is -0.364. The van der Waals surface area contributed by atoms with Crippen molar-refractivity contribution in [3.05, 3.63) is 34.9 Å². The molecule has 0 radical (unpaired) electrons. The molecule has 2 amide bonds. The largest absolute Gasteiger partial charge is 0.383 e. The number of hydrogen-bond acceptors (Lipinski definition) is 3. The van der Waals surface area contributed by atoms with Crippen LogP contribution < -0.4 is 5.32 Å². The molecular weight excluding hydrogens is 340 g/mol. The van der Waals surface area contributed by atoms with Crippen molar-refractivity contribution in [1.82, 2.24) is 10.2 Å². The van der Waals surface area contributed by atoms with Crippen LogP contribution in [-0.4, -0.2) is 43.5 Å². The van der Waals surface area contributed by atoms with Gasteiger partial charge in [-0.05, 0) is 24.0 Å². The number of carbonyl (C=O) groups is 2. The molecule has 5 nitrogen and oxygen atoms in total. The maximum Gasteiger partial charge on any atom is 0.225 e. The zero-order valence-electron chi connectivity index (χ0n) is 15.1. The first kappa shape index (κ1) is 19.7. The molecular formula is C19H27ClN2O3. The number of amides is 2. The number of hydrogen-bond donors (Lipinski definition) is 1. The van der Waals surface area contributed by atoms with E-state index in [2.05, 4.69) is 19.2 Å². The molecule has 1 heterocycles. The first-order chi connectivity index (χ1) is 12.0. The van der Waals surface area contributed by atoms with E-state index in [1.54, 1.807) is 18.1 Å². The smallest absolute Gasteiger partial charge is 0.225 e. The molecule has 1 N–H and O–H groups in total. The van der Waals surface area contributed by atoms with E-state index in [-0.39, 0.29) is 23.8 Å². The summed E-state index contributed by atoms with van der Waals surface area (Å²) in [5.41, 5.74) is 0.818. The second-order valence-corrected chi connectivity index (χ2v) is 7.24. The minimum absolute atomic E-state index is 0.0199. The van der Waals surface area contributed by atoms with Gasteiger partial charge in [-0.15, -0.1) is 0 Å². The molecule has 0 spiro atoms. The van der Waals surface area contributed by atoms with Crippen LogP contribution in [0.1, 0.15) is 38.3 Å². The van der Waals surface area contributed by atoms with Gasteiger partial charge in [-0.3, -0.25) is 9.59 Å². The van der Waals surface area contributed by atoms with Gasteiger partial charge in [0.1, 0.15) is 0 Å². The van der Waals surface area contributed by atoms with Gasteiger partial charge >= 0.3 is 0 Å². The number of nitrogens with one attached hydrogen (secondary N) is 1. The molecule has 1 aliphatic heterocycles. The molecule has 2 rings (SSSR count). The number of piperidine rings is 1. The summed E-state index contributed by atoms with van der Waals surface area (Å²) >= 11 is 6.40. The Morgan fingerprint density at radius 3 is 2.76 bits per heavy atom. The summed E-state index contributed by atoms with van der Waals surface area (Å²) < 4.78 is 5.15. The zero-order chi connectivity index (χ0) is 18.4. The molecule has 138 valence electrons. The maximum atomic E-state index is 12.8.